The van der Waals surface area contributed by atoms with Crippen LogP contribution in [0.3, 0.4) is 0 Å². The lowest BCUT2D eigenvalue weighted by Gasteiger charge is -2.30. The molecule has 180 valence electrons. The van der Waals surface area contributed by atoms with Gasteiger partial charge in [-0.3, -0.25) is 14.5 Å². The van der Waals surface area contributed by atoms with E-state index in [1.165, 1.54) is 11.8 Å². The molecule has 2 aromatic rings. The van der Waals surface area contributed by atoms with E-state index >= 15 is 0 Å². The molecule has 1 aromatic carbocycles. The summed E-state index contributed by atoms with van der Waals surface area (Å²) in [6.07, 6.45) is 0.510. The normalized spacial score (nSPS) is 18.6. The zero-order valence-corrected chi connectivity index (χ0v) is 22.0. The highest BCUT2D eigenvalue weighted by Gasteiger charge is 2.32. The van der Waals surface area contributed by atoms with E-state index in [0.717, 1.165) is 17.0 Å². The maximum absolute atomic E-state index is 12.9. The molecule has 4 rings (SSSR count). The third kappa shape index (κ3) is 5.25. The minimum absolute atomic E-state index is 0.0351. The summed E-state index contributed by atoms with van der Waals surface area (Å²) in [7, 11) is 0. The fourth-order valence-corrected chi connectivity index (χ4v) is 5.08. The van der Waals surface area contributed by atoms with Crippen LogP contribution in [0.25, 0.3) is 0 Å². The van der Waals surface area contributed by atoms with Gasteiger partial charge in [0, 0.05) is 22.2 Å². The number of benzene rings is 1. The first kappa shape index (κ1) is 24.6. The molecule has 3 heterocycles. The zero-order valence-electron chi connectivity index (χ0n) is 20.4. The minimum Gasteiger partial charge on any atom is -0.482 e. The average molecular weight is 499 g/mol. The topological polar surface area (TPSA) is 84.4 Å². The van der Waals surface area contributed by atoms with Gasteiger partial charge in [0.25, 0.3) is 5.91 Å². The van der Waals surface area contributed by atoms with Crippen molar-refractivity contribution >= 4 is 45.8 Å². The molecule has 0 bridgehead atoms. The van der Waals surface area contributed by atoms with Crippen molar-refractivity contribution in [3.05, 3.63) is 47.0 Å². The van der Waals surface area contributed by atoms with Gasteiger partial charge in [0.2, 0.25) is 5.91 Å². The van der Waals surface area contributed by atoms with Crippen LogP contribution >= 0.6 is 24.0 Å². The number of nitrogens with one attached hydrogen (secondary N) is 1. The predicted molar refractivity (Wildman–Crippen MR) is 138 cm³/mol. The van der Waals surface area contributed by atoms with Crippen LogP contribution in [0.4, 0.5) is 5.69 Å². The first-order valence-corrected chi connectivity index (χ1v) is 12.6. The Bertz CT molecular complexity index is 1140. The molecule has 1 fully saturated rings. The molecule has 1 aromatic heterocycles. The SMILES string of the molecule is CC(C)(C)c1cc(C(C)(C)C)nc(CN2C(=O)COc3ccc(CC4SC(=S)NC4=O)cc32)n1. The van der Waals surface area contributed by atoms with E-state index in [9.17, 15) is 9.59 Å². The van der Waals surface area contributed by atoms with Crippen LogP contribution in [-0.2, 0) is 33.4 Å². The van der Waals surface area contributed by atoms with Gasteiger partial charge >= 0.3 is 0 Å². The maximum Gasteiger partial charge on any atom is 0.265 e. The number of rotatable bonds is 4. The van der Waals surface area contributed by atoms with E-state index in [2.05, 4.69) is 52.9 Å². The number of aromatic nitrogens is 2. The van der Waals surface area contributed by atoms with E-state index in [4.69, 9.17) is 26.9 Å². The Labute approximate surface area is 210 Å². The van der Waals surface area contributed by atoms with Gasteiger partial charge in [0.05, 0.1) is 17.5 Å². The fraction of sp³-hybridized carbons (Fsp3) is 0.480. The monoisotopic (exact) mass is 498 g/mol. The van der Waals surface area contributed by atoms with Crippen LogP contribution in [0.15, 0.2) is 24.3 Å². The molecule has 2 aliphatic heterocycles. The number of ether oxygens (including phenoxy) is 1. The Hall–Kier alpha value is -2.52. The smallest absolute Gasteiger partial charge is 0.265 e. The third-order valence-corrected chi connectivity index (χ3v) is 7.14. The van der Waals surface area contributed by atoms with Gasteiger partial charge in [0.1, 0.15) is 15.9 Å². The Kier molecular flexibility index (Phi) is 6.46. The molecule has 1 saturated heterocycles. The number of anilines is 1. The van der Waals surface area contributed by atoms with Crippen molar-refractivity contribution in [2.24, 2.45) is 0 Å². The van der Waals surface area contributed by atoms with Gasteiger partial charge in [-0.1, -0.05) is 71.6 Å². The molecule has 2 amide bonds. The number of thiocarbonyl (C=S) groups is 1. The number of thioether (sulfide) groups is 1. The Morgan fingerprint density at radius 1 is 1.09 bits per heavy atom. The molecule has 0 spiro atoms. The van der Waals surface area contributed by atoms with Gasteiger partial charge in [-0.25, -0.2) is 9.97 Å². The van der Waals surface area contributed by atoms with Crippen LogP contribution in [0.2, 0.25) is 0 Å². The summed E-state index contributed by atoms with van der Waals surface area (Å²) < 4.78 is 6.18. The second-order valence-electron chi connectivity index (χ2n) is 10.7. The zero-order chi connectivity index (χ0) is 24.8. The highest BCUT2D eigenvalue weighted by molar-refractivity contribution is 8.24. The third-order valence-electron chi connectivity index (χ3n) is 5.76. The standard InChI is InChI=1S/C25H30N4O3S2/c1-24(2,3)18-11-19(25(4,5)6)27-20(26-18)12-29-15-9-14(7-8-16(15)32-13-21(29)30)10-17-22(31)28-23(33)34-17/h7-9,11,17H,10,12-13H2,1-6H3,(H,28,31,33). The number of amides is 2. The van der Waals surface area contributed by atoms with Crippen molar-refractivity contribution in [2.75, 3.05) is 11.5 Å². The van der Waals surface area contributed by atoms with Gasteiger partial charge in [-0.2, -0.15) is 0 Å². The number of fused-ring (bicyclic) bond motifs is 1. The summed E-state index contributed by atoms with van der Waals surface area (Å²) in [6, 6.07) is 7.76. The first-order chi connectivity index (χ1) is 15.8. The summed E-state index contributed by atoms with van der Waals surface area (Å²) in [5.41, 5.74) is 3.17. The van der Waals surface area contributed by atoms with Crippen molar-refractivity contribution < 1.29 is 14.3 Å². The van der Waals surface area contributed by atoms with Crippen molar-refractivity contribution in [1.82, 2.24) is 15.3 Å². The lowest BCUT2D eigenvalue weighted by molar-refractivity contribution is -0.121. The van der Waals surface area contributed by atoms with Crippen LogP contribution in [0.5, 0.6) is 5.75 Å². The molecule has 34 heavy (non-hydrogen) atoms. The van der Waals surface area contributed by atoms with E-state index in [-0.39, 0.29) is 41.0 Å². The molecule has 0 radical (unpaired) electrons. The van der Waals surface area contributed by atoms with Crippen molar-refractivity contribution in [3.63, 3.8) is 0 Å². The Morgan fingerprint density at radius 2 is 1.74 bits per heavy atom. The van der Waals surface area contributed by atoms with Crippen molar-refractivity contribution in [1.29, 1.82) is 0 Å². The molecular weight excluding hydrogens is 468 g/mol. The Balaban J connectivity index is 1.68. The van der Waals surface area contributed by atoms with Gasteiger partial charge in [-0.05, 0) is 30.2 Å². The Morgan fingerprint density at radius 3 is 2.29 bits per heavy atom. The summed E-state index contributed by atoms with van der Waals surface area (Å²) >= 11 is 6.47. The number of hydrogen-bond donors (Lipinski definition) is 1. The molecule has 7 nitrogen and oxygen atoms in total. The van der Waals surface area contributed by atoms with E-state index in [1.54, 1.807) is 4.90 Å². The van der Waals surface area contributed by atoms with Crippen LogP contribution in [0, 0.1) is 0 Å². The molecule has 0 saturated carbocycles. The predicted octanol–water partition coefficient (Wildman–Crippen LogP) is 4.06. The summed E-state index contributed by atoms with van der Waals surface area (Å²) in [4.78, 5) is 36.4. The van der Waals surface area contributed by atoms with Crippen molar-refractivity contribution in [3.8, 4) is 5.75 Å². The average Bonchev–Trinajstić information content (AvgIpc) is 3.05. The second-order valence-corrected chi connectivity index (χ2v) is 12.6. The minimum atomic E-state index is -0.277. The first-order valence-electron chi connectivity index (χ1n) is 11.3. The van der Waals surface area contributed by atoms with Crippen LogP contribution in [-0.4, -0.2) is 38.0 Å². The molecule has 2 aliphatic rings. The molecule has 1 atom stereocenters. The van der Waals surface area contributed by atoms with Gasteiger partial charge < -0.3 is 10.1 Å². The lowest BCUT2D eigenvalue weighted by Crippen LogP contribution is -2.39. The highest BCUT2D eigenvalue weighted by atomic mass is 32.2. The number of nitrogens with zero attached hydrogens (tertiary/aromatic N) is 3. The molecule has 1 N–H and O–H groups in total. The van der Waals surface area contributed by atoms with Crippen molar-refractivity contribution in [2.45, 2.75) is 70.6 Å². The van der Waals surface area contributed by atoms with Gasteiger partial charge in [-0.15, -0.1) is 0 Å². The van der Waals surface area contributed by atoms with E-state index in [1.807, 2.05) is 18.2 Å². The highest BCUT2D eigenvalue weighted by Crippen LogP contribution is 2.36. The summed E-state index contributed by atoms with van der Waals surface area (Å²) in [5.74, 6) is 0.991. The van der Waals surface area contributed by atoms with Crippen LogP contribution < -0.4 is 15.0 Å². The van der Waals surface area contributed by atoms with Gasteiger partial charge in [0.15, 0.2) is 6.61 Å². The summed E-state index contributed by atoms with van der Waals surface area (Å²) in [6.45, 7) is 12.9. The molecule has 0 aliphatic carbocycles. The van der Waals surface area contributed by atoms with E-state index in [0.29, 0.717) is 28.0 Å². The fourth-order valence-electron chi connectivity index (χ4n) is 3.77. The second kappa shape index (κ2) is 8.92. The number of hydrogen-bond acceptors (Lipinski definition) is 7. The molecular formula is C25H30N4O3S2. The largest absolute Gasteiger partial charge is 0.482 e. The van der Waals surface area contributed by atoms with E-state index < -0.39 is 0 Å². The molecule has 1 unspecified atom stereocenters. The molecule has 9 heteroatoms. The quantitative estimate of drug-likeness (QED) is 0.637. The maximum atomic E-state index is 12.9. The number of carbonyl (C=O) groups excluding carboxylic acids is 2. The lowest BCUT2D eigenvalue weighted by atomic mass is 9.86. The van der Waals surface area contributed by atoms with Crippen LogP contribution in [0.1, 0.15) is 64.3 Å². The number of carbonyl (C=O) groups is 2. The summed E-state index contributed by atoms with van der Waals surface area (Å²) in [5, 5.41) is 2.40.